The first-order chi connectivity index (χ1) is 11.2. The fourth-order valence-electron chi connectivity index (χ4n) is 3.35. The second kappa shape index (κ2) is 7.90. The maximum absolute atomic E-state index is 12.9. The first-order valence-corrected chi connectivity index (χ1v) is 8.61. The van der Waals surface area contributed by atoms with Crippen LogP contribution in [0.2, 0.25) is 0 Å². The van der Waals surface area contributed by atoms with Crippen molar-refractivity contribution >= 4 is 5.91 Å². The van der Waals surface area contributed by atoms with Crippen molar-refractivity contribution in [2.24, 2.45) is 0 Å². The molecular formula is C18H27N3O2. The molecule has 1 N–H and O–H groups in total. The number of nitrogens with zero attached hydrogens (tertiary/aromatic N) is 2. The van der Waals surface area contributed by atoms with E-state index in [1.54, 1.807) is 0 Å². The van der Waals surface area contributed by atoms with Crippen LogP contribution in [0.3, 0.4) is 0 Å². The van der Waals surface area contributed by atoms with Gasteiger partial charge in [-0.05, 0) is 25.5 Å². The quantitative estimate of drug-likeness (QED) is 0.888. The minimum atomic E-state index is -0.273. The zero-order valence-corrected chi connectivity index (χ0v) is 13.9. The van der Waals surface area contributed by atoms with Gasteiger partial charge < -0.3 is 14.5 Å². The summed E-state index contributed by atoms with van der Waals surface area (Å²) < 4.78 is 5.81. The Kier molecular flexibility index (Phi) is 5.65. The number of nitrogens with one attached hydrogen (secondary N) is 1. The molecule has 2 aliphatic rings. The van der Waals surface area contributed by atoms with Gasteiger partial charge in [-0.3, -0.25) is 10.1 Å². The van der Waals surface area contributed by atoms with Crippen molar-refractivity contribution in [2.45, 2.75) is 25.0 Å². The first kappa shape index (κ1) is 16.4. The zero-order valence-electron chi connectivity index (χ0n) is 13.9. The average molecular weight is 317 g/mol. The summed E-state index contributed by atoms with van der Waals surface area (Å²) in [4.78, 5) is 17.2. The van der Waals surface area contributed by atoms with Gasteiger partial charge >= 0.3 is 0 Å². The van der Waals surface area contributed by atoms with Crippen LogP contribution >= 0.6 is 0 Å². The molecule has 2 saturated heterocycles. The van der Waals surface area contributed by atoms with Crippen molar-refractivity contribution in [3.63, 3.8) is 0 Å². The van der Waals surface area contributed by atoms with Crippen LogP contribution < -0.4 is 5.32 Å². The predicted octanol–water partition coefficient (Wildman–Crippen LogP) is 1.27. The Bertz CT molecular complexity index is 502. The monoisotopic (exact) mass is 317 g/mol. The van der Waals surface area contributed by atoms with Gasteiger partial charge in [0.2, 0.25) is 5.91 Å². The Morgan fingerprint density at radius 1 is 1.26 bits per heavy atom. The highest BCUT2D eigenvalue weighted by Crippen LogP contribution is 2.19. The van der Waals surface area contributed by atoms with E-state index in [1.165, 1.54) is 0 Å². The first-order valence-electron chi connectivity index (χ1n) is 8.61. The van der Waals surface area contributed by atoms with Gasteiger partial charge in [-0.1, -0.05) is 30.3 Å². The molecule has 1 aromatic carbocycles. The molecule has 1 aromatic rings. The van der Waals surface area contributed by atoms with Crippen molar-refractivity contribution in [1.29, 1.82) is 0 Å². The van der Waals surface area contributed by atoms with E-state index in [0.29, 0.717) is 6.54 Å². The summed E-state index contributed by atoms with van der Waals surface area (Å²) in [5.41, 5.74) is 1.04. The summed E-state index contributed by atoms with van der Waals surface area (Å²) in [6, 6.07) is 9.75. The highest BCUT2D eigenvalue weighted by atomic mass is 16.5. The maximum atomic E-state index is 12.9. The highest BCUT2D eigenvalue weighted by molar-refractivity contribution is 5.83. The SMILES string of the molecule is CN1CCO[C@H](CN[C@@H](C(=O)N2CCCC2)c2ccccc2)C1. The van der Waals surface area contributed by atoms with Crippen molar-refractivity contribution in [3.05, 3.63) is 35.9 Å². The van der Waals surface area contributed by atoms with E-state index >= 15 is 0 Å². The van der Waals surface area contributed by atoms with Gasteiger partial charge in [-0.25, -0.2) is 0 Å². The van der Waals surface area contributed by atoms with Gasteiger partial charge in [0.15, 0.2) is 0 Å². The minimum Gasteiger partial charge on any atom is -0.374 e. The fraction of sp³-hybridized carbons (Fsp3) is 0.611. The number of ether oxygens (including phenoxy) is 1. The second-order valence-electron chi connectivity index (χ2n) is 6.54. The lowest BCUT2D eigenvalue weighted by Gasteiger charge is -2.32. The van der Waals surface area contributed by atoms with E-state index in [9.17, 15) is 4.79 Å². The Labute approximate surface area is 138 Å². The smallest absolute Gasteiger partial charge is 0.244 e. The van der Waals surface area contributed by atoms with Crippen LogP contribution in [0.15, 0.2) is 30.3 Å². The third kappa shape index (κ3) is 4.31. The maximum Gasteiger partial charge on any atom is 0.244 e. The van der Waals surface area contributed by atoms with Crippen LogP contribution in [-0.2, 0) is 9.53 Å². The van der Waals surface area contributed by atoms with Crippen LogP contribution in [0.5, 0.6) is 0 Å². The molecule has 0 bridgehead atoms. The topological polar surface area (TPSA) is 44.8 Å². The number of hydrogen-bond donors (Lipinski definition) is 1. The lowest BCUT2D eigenvalue weighted by Crippen LogP contribution is -2.47. The van der Waals surface area contributed by atoms with E-state index in [-0.39, 0.29) is 18.1 Å². The van der Waals surface area contributed by atoms with Crippen LogP contribution in [0.4, 0.5) is 0 Å². The summed E-state index contributed by atoms with van der Waals surface area (Å²) in [5, 5.41) is 3.46. The van der Waals surface area contributed by atoms with Crippen LogP contribution in [0.1, 0.15) is 24.4 Å². The second-order valence-corrected chi connectivity index (χ2v) is 6.54. The number of benzene rings is 1. The van der Waals surface area contributed by atoms with Gasteiger partial charge in [0.1, 0.15) is 6.04 Å². The molecule has 0 aliphatic carbocycles. The molecular weight excluding hydrogens is 290 g/mol. The summed E-state index contributed by atoms with van der Waals surface area (Å²) >= 11 is 0. The fourth-order valence-corrected chi connectivity index (χ4v) is 3.35. The molecule has 2 fully saturated rings. The molecule has 2 aliphatic heterocycles. The molecule has 5 nitrogen and oxygen atoms in total. The molecule has 0 unspecified atom stereocenters. The van der Waals surface area contributed by atoms with Crippen LogP contribution in [0.25, 0.3) is 0 Å². The Balaban J connectivity index is 1.66. The number of rotatable bonds is 5. The Hall–Kier alpha value is -1.43. The van der Waals surface area contributed by atoms with E-state index < -0.39 is 0 Å². The molecule has 126 valence electrons. The van der Waals surface area contributed by atoms with Gasteiger partial charge in [0, 0.05) is 32.7 Å². The third-order valence-electron chi connectivity index (χ3n) is 4.69. The van der Waals surface area contributed by atoms with Gasteiger partial charge in [-0.2, -0.15) is 0 Å². The zero-order chi connectivity index (χ0) is 16.1. The van der Waals surface area contributed by atoms with E-state index in [1.807, 2.05) is 35.2 Å². The molecule has 0 saturated carbocycles. The largest absolute Gasteiger partial charge is 0.374 e. The number of likely N-dealkylation sites (tertiary alicyclic amines) is 1. The van der Waals surface area contributed by atoms with Crippen molar-refractivity contribution in [2.75, 3.05) is 46.4 Å². The van der Waals surface area contributed by atoms with Crippen LogP contribution in [0, 0.1) is 0 Å². The number of hydrogen-bond acceptors (Lipinski definition) is 4. The summed E-state index contributed by atoms with van der Waals surface area (Å²) in [6.45, 7) is 5.11. The number of amides is 1. The van der Waals surface area contributed by atoms with Gasteiger partial charge in [0.25, 0.3) is 0 Å². The number of carbonyl (C=O) groups excluding carboxylic acids is 1. The predicted molar refractivity (Wildman–Crippen MR) is 90.2 cm³/mol. The summed E-state index contributed by atoms with van der Waals surface area (Å²) in [7, 11) is 2.11. The molecule has 5 heteroatoms. The number of morpholine rings is 1. The lowest BCUT2D eigenvalue weighted by atomic mass is 10.1. The average Bonchev–Trinajstić information content (AvgIpc) is 3.10. The molecule has 0 radical (unpaired) electrons. The third-order valence-corrected chi connectivity index (χ3v) is 4.69. The standard InChI is InChI=1S/C18H27N3O2/c1-20-11-12-23-16(14-20)13-19-17(15-7-3-2-4-8-15)18(22)21-9-5-6-10-21/h2-4,7-8,16-17,19H,5-6,9-14H2,1H3/t16-,17-/m1/s1. The normalized spacial score (nSPS) is 23.9. The van der Waals surface area contributed by atoms with Crippen molar-refractivity contribution in [3.8, 4) is 0 Å². The summed E-state index contributed by atoms with van der Waals surface area (Å²) in [5.74, 6) is 0.192. The van der Waals surface area contributed by atoms with Crippen molar-refractivity contribution in [1.82, 2.24) is 15.1 Å². The molecule has 0 spiro atoms. The van der Waals surface area contributed by atoms with E-state index in [4.69, 9.17) is 4.74 Å². The number of likely N-dealkylation sites (N-methyl/N-ethyl adjacent to an activating group) is 1. The Morgan fingerprint density at radius 2 is 2.00 bits per heavy atom. The molecule has 0 aromatic heterocycles. The van der Waals surface area contributed by atoms with Gasteiger partial charge in [0.05, 0.1) is 12.7 Å². The summed E-state index contributed by atoms with van der Waals surface area (Å²) in [6.07, 6.45) is 2.37. The lowest BCUT2D eigenvalue weighted by molar-refractivity contribution is -0.132. The molecule has 1 amide bonds. The highest BCUT2D eigenvalue weighted by Gasteiger charge is 2.28. The molecule has 23 heavy (non-hydrogen) atoms. The molecule has 2 heterocycles. The van der Waals surface area contributed by atoms with Crippen molar-refractivity contribution < 1.29 is 9.53 Å². The van der Waals surface area contributed by atoms with Gasteiger partial charge in [-0.15, -0.1) is 0 Å². The molecule has 2 atom stereocenters. The van der Waals surface area contributed by atoms with E-state index in [2.05, 4.69) is 17.3 Å². The number of carbonyl (C=O) groups is 1. The van der Waals surface area contributed by atoms with E-state index in [0.717, 1.165) is 51.2 Å². The molecule has 3 rings (SSSR count). The van der Waals surface area contributed by atoms with Crippen LogP contribution in [-0.4, -0.2) is 68.2 Å². The minimum absolute atomic E-state index is 0.145. The Morgan fingerprint density at radius 3 is 2.70 bits per heavy atom.